The summed E-state index contributed by atoms with van der Waals surface area (Å²) in [6, 6.07) is 11.4. The van der Waals surface area contributed by atoms with E-state index in [0.29, 0.717) is 24.2 Å². The van der Waals surface area contributed by atoms with Crippen LogP contribution in [0.15, 0.2) is 53.7 Å². The van der Waals surface area contributed by atoms with E-state index in [1.807, 2.05) is 31.2 Å². The van der Waals surface area contributed by atoms with Gasteiger partial charge in [0.1, 0.15) is 5.75 Å². The van der Waals surface area contributed by atoms with E-state index in [9.17, 15) is 4.79 Å². The lowest BCUT2D eigenvalue weighted by Crippen LogP contribution is -2.21. The van der Waals surface area contributed by atoms with Crippen molar-refractivity contribution in [2.45, 2.75) is 19.9 Å². The fraction of sp³-hybridized carbons (Fsp3) is 0.235. The van der Waals surface area contributed by atoms with Crippen LogP contribution in [0.3, 0.4) is 0 Å². The van der Waals surface area contributed by atoms with Crippen LogP contribution in [-0.2, 0) is 6.54 Å². The summed E-state index contributed by atoms with van der Waals surface area (Å²) < 4.78 is 7.29. The quantitative estimate of drug-likeness (QED) is 0.679. The number of ether oxygens (including phenoxy) is 1. The number of aromatic nitrogens is 3. The number of benzene rings is 1. The molecule has 0 bridgehead atoms. The number of hydrogen-bond acceptors (Lipinski definition) is 4. The molecule has 3 rings (SSSR count). The second kappa shape index (κ2) is 6.39. The molecular weight excluding hydrogens is 278 g/mol. The summed E-state index contributed by atoms with van der Waals surface area (Å²) >= 11 is 0. The Bertz CT molecular complexity index is 842. The van der Waals surface area contributed by atoms with Crippen LogP contribution in [0, 0.1) is 6.92 Å². The van der Waals surface area contributed by atoms with E-state index in [0.717, 1.165) is 12.2 Å². The van der Waals surface area contributed by atoms with Crippen molar-refractivity contribution in [3.05, 3.63) is 64.8 Å². The lowest BCUT2D eigenvalue weighted by Gasteiger charge is -2.08. The van der Waals surface area contributed by atoms with Gasteiger partial charge in [0.25, 0.3) is 5.56 Å². The van der Waals surface area contributed by atoms with Crippen LogP contribution in [0.4, 0.5) is 0 Å². The first kappa shape index (κ1) is 14.3. The smallest absolute Gasteiger partial charge is 0.262 e. The Morgan fingerprint density at radius 1 is 1.18 bits per heavy atom. The average molecular weight is 295 g/mol. The molecule has 0 fully saturated rings. The van der Waals surface area contributed by atoms with Crippen molar-refractivity contribution >= 4 is 11.0 Å². The zero-order valence-corrected chi connectivity index (χ0v) is 12.4. The Kier molecular flexibility index (Phi) is 4.14. The highest BCUT2D eigenvalue weighted by Gasteiger charge is 2.04. The van der Waals surface area contributed by atoms with Crippen molar-refractivity contribution in [3.8, 4) is 5.75 Å². The summed E-state index contributed by atoms with van der Waals surface area (Å²) in [4.78, 5) is 20.6. The molecule has 0 saturated carbocycles. The molecule has 2 aromatic heterocycles. The monoisotopic (exact) mass is 295 g/mol. The van der Waals surface area contributed by atoms with Gasteiger partial charge >= 0.3 is 0 Å². The molecule has 0 N–H and O–H groups in total. The normalized spacial score (nSPS) is 10.8. The van der Waals surface area contributed by atoms with Gasteiger partial charge in [-0.1, -0.05) is 12.1 Å². The van der Waals surface area contributed by atoms with Gasteiger partial charge in [0.15, 0.2) is 5.65 Å². The Labute approximate surface area is 128 Å². The molecule has 0 aliphatic heterocycles. The summed E-state index contributed by atoms with van der Waals surface area (Å²) in [6.07, 6.45) is 3.92. The minimum absolute atomic E-state index is 0.0614. The lowest BCUT2D eigenvalue weighted by molar-refractivity contribution is 0.300. The molecule has 5 heteroatoms. The van der Waals surface area contributed by atoms with E-state index >= 15 is 0 Å². The third-order valence-electron chi connectivity index (χ3n) is 3.40. The SMILES string of the molecule is Cc1cccc(OCCCn2cnc3ncccc3c2=O)c1. The fourth-order valence-electron chi connectivity index (χ4n) is 2.29. The van der Waals surface area contributed by atoms with Crippen molar-refractivity contribution in [2.75, 3.05) is 6.61 Å². The van der Waals surface area contributed by atoms with Gasteiger partial charge in [0, 0.05) is 12.7 Å². The first-order valence-electron chi connectivity index (χ1n) is 7.24. The van der Waals surface area contributed by atoms with Gasteiger partial charge in [-0.15, -0.1) is 0 Å². The molecule has 3 aromatic rings. The number of rotatable bonds is 5. The maximum Gasteiger partial charge on any atom is 0.262 e. The summed E-state index contributed by atoms with van der Waals surface area (Å²) in [5.41, 5.74) is 1.59. The second-order valence-electron chi connectivity index (χ2n) is 5.14. The second-order valence-corrected chi connectivity index (χ2v) is 5.14. The number of nitrogens with zero attached hydrogens (tertiary/aromatic N) is 3. The molecule has 0 aliphatic rings. The van der Waals surface area contributed by atoms with Crippen molar-refractivity contribution < 1.29 is 4.74 Å². The maximum atomic E-state index is 12.3. The molecule has 0 aliphatic carbocycles. The highest BCUT2D eigenvalue weighted by Crippen LogP contribution is 2.12. The van der Waals surface area contributed by atoms with Crippen LogP contribution in [0.5, 0.6) is 5.75 Å². The standard InChI is InChI=1S/C17H17N3O2/c1-13-5-2-6-14(11-13)22-10-4-9-20-12-19-16-15(17(20)21)7-3-8-18-16/h2-3,5-8,11-12H,4,9-10H2,1H3. The molecule has 1 aromatic carbocycles. The van der Waals surface area contributed by atoms with Crippen LogP contribution in [0.2, 0.25) is 0 Å². The molecule has 0 amide bonds. The van der Waals surface area contributed by atoms with E-state index in [4.69, 9.17) is 4.74 Å². The third-order valence-corrected chi connectivity index (χ3v) is 3.40. The van der Waals surface area contributed by atoms with Gasteiger partial charge in [-0.25, -0.2) is 9.97 Å². The summed E-state index contributed by atoms with van der Waals surface area (Å²) in [7, 11) is 0. The highest BCUT2D eigenvalue weighted by atomic mass is 16.5. The number of fused-ring (bicyclic) bond motifs is 1. The topological polar surface area (TPSA) is 57.0 Å². The number of aryl methyl sites for hydroxylation is 2. The van der Waals surface area contributed by atoms with Gasteiger partial charge < -0.3 is 4.74 Å². The molecule has 0 atom stereocenters. The van der Waals surface area contributed by atoms with E-state index in [1.165, 1.54) is 5.56 Å². The summed E-state index contributed by atoms with van der Waals surface area (Å²) in [5, 5.41) is 0.546. The molecular formula is C17H17N3O2. The minimum Gasteiger partial charge on any atom is -0.494 e. The molecule has 0 radical (unpaired) electrons. The third kappa shape index (κ3) is 3.14. The number of pyridine rings is 1. The first-order chi connectivity index (χ1) is 10.7. The highest BCUT2D eigenvalue weighted by molar-refractivity contribution is 5.72. The average Bonchev–Trinajstić information content (AvgIpc) is 2.54. The Morgan fingerprint density at radius 2 is 2.09 bits per heavy atom. The van der Waals surface area contributed by atoms with Crippen molar-refractivity contribution in [1.29, 1.82) is 0 Å². The molecule has 0 spiro atoms. The van der Waals surface area contributed by atoms with Crippen molar-refractivity contribution in [1.82, 2.24) is 14.5 Å². The maximum absolute atomic E-state index is 12.3. The molecule has 0 unspecified atom stereocenters. The van der Waals surface area contributed by atoms with E-state index < -0.39 is 0 Å². The van der Waals surface area contributed by atoms with Crippen LogP contribution in [-0.4, -0.2) is 21.1 Å². The molecule has 0 saturated heterocycles. The molecule has 2 heterocycles. The summed E-state index contributed by atoms with van der Waals surface area (Å²) in [6.45, 7) is 3.16. The zero-order chi connectivity index (χ0) is 15.4. The molecule has 22 heavy (non-hydrogen) atoms. The Balaban J connectivity index is 1.62. The minimum atomic E-state index is -0.0614. The summed E-state index contributed by atoms with van der Waals surface area (Å²) in [5.74, 6) is 0.855. The van der Waals surface area contributed by atoms with Gasteiger partial charge in [-0.05, 0) is 43.2 Å². The first-order valence-corrected chi connectivity index (χ1v) is 7.24. The molecule has 5 nitrogen and oxygen atoms in total. The van der Waals surface area contributed by atoms with E-state index in [1.54, 1.807) is 29.2 Å². The molecule has 112 valence electrons. The van der Waals surface area contributed by atoms with Crippen LogP contribution >= 0.6 is 0 Å². The Hall–Kier alpha value is -2.69. The van der Waals surface area contributed by atoms with Crippen molar-refractivity contribution in [2.24, 2.45) is 0 Å². The zero-order valence-electron chi connectivity index (χ0n) is 12.4. The van der Waals surface area contributed by atoms with E-state index in [-0.39, 0.29) is 5.56 Å². The number of hydrogen-bond donors (Lipinski definition) is 0. The van der Waals surface area contributed by atoms with Gasteiger partial charge in [-0.2, -0.15) is 0 Å². The largest absolute Gasteiger partial charge is 0.494 e. The van der Waals surface area contributed by atoms with Gasteiger partial charge in [0.2, 0.25) is 0 Å². The Morgan fingerprint density at radius 3 is 2.95 bits per heavy atom. The lowest BCUT2D eigenvalue weighted by atomic mass is 10.2. The van der Waals surface area contributed by atoms with Gasteiger partial charge in [0.05, 0.1) is 18.3 Å². The van der Waals surface area contributed by atoms with Gasteiger partial charge in [-0.3, -0.25) is 9.36 Å². The van der Waals surface area contributed by atoms with Crippen LogP contribution < -0.4 is 10.3 Å². The van der Waals surface area contributed by atoms with Crippen LogP contribution in [0.25, 0.3) is 11.0 Å². The predicted octanol–water partition coefficient (Wildman–Crippen LogP) is 2.57. The van der Waals surface area contributed by atoms with Crippen molar-refractivity contribution in [3.63, 3.8) is 0 Å². The predicted molar refractivity (Wildman–Crippen MR) is 85.1 cm³/mol. The van der Waals surface area contributed by atoms with Crippen LogP contribution in [0.1, 0.15) is 12.0 Å². The fourth-order valence-corrected chi connectivity index (χ4v) is 2.29. The van der Waals surface area contributed by atoms with E-state index in [2.05, 4.69) is 9.97 Å².